The summed E-state index contributed by atoms with van der Waals surface area (Å²) in [5.74, 6) is -1.39. The molecule has 0 amide bonds. The normalized spacial score (nSPS) is 10.8. The van der Waals surface area contributed by atoms with E-state index in [9.17, 15) is 8.78 Å². The van der Waals surface area contributed by atoms with Gasteiger partial charge in [0, 0.05) is 19.2 Å². The molecule has 0 aliphatic rings. The lowest BCUT2D eigenvalue weighted by molar-refractivity contribution is 0.590. The number of rotatable bonds is 3. The number of halogens is 2. The van der Waals surface area contributed by atoms with Crippen molar-refractivity contribution in [3.63, 3.8) is 0 Å². The summed E-state index contributed by atoms with van der Waals surface area (Å²) in [4.78, 5) is 0. The summed E-state index contributed by atoms with van der Waals surface area (Å²) >= 11 is 0. The van der Waals surface area contributed by atoms with Gasteiger partial charge in [0.15, 0.2) is 11.6 Å². The van der Waals surface area contributed by atoms with Crippen LogP contribution in [0.25, 0.3) is 0 Å². The molecule has 0 saturated carbocycles. The predicted molar refractivity (Wildman–Crippen MR) is 66.5 cm³/mol. The third-order valence-corrected chi connectivity index (χ3v) is 2.31. The summed E-state index contributed by atoms with van der Waals surface area (Å²) in [6.07, 6.45) is 0. The number of nitrogens with zero attached hydrogens (tertiary/aromatic N) is 2. The maximum Gasteiger partial charge on any atom is 0.151 e. The van der Waals surface area contributed by atoms with Crippen molar-refractivity contribution in [2.75, 3.05) is 12.4 Å². The summed E-state index contributed by atoms with van der Waals surface area (Å²) < 4.78 is 26.9. The molecule has 18 heavy (non-hydrogen) atoms. The van der Waals surface area contributed by atoms with Crippen LogP contribution in [0.4, 0.5) is 25.8 Å². The highest BCUT2D eigenvalue weighted by molar-refractivity contribution is 5.53. The Morgan fingerprint density at radius 2 is 1.44 bits per heavy atom. The molecular weight excluding hydrogens is 236 g/mol. The molecule has 1 N–H and O–H groups in total. The molecule has 2 rings (SSSR count). The van der Waals surface area contributed by atoms with Crippen LogP contribution in [0.5, 0.6) is 0 Å². The Morgan fingerprint density at radius 3 is 2.00 bits per heavy atom. The van der Waals surface area contributed by atoms with Crippen LogP contribution in [-0.4, -0.2) is 7.05 Å². The van der Waals surface area contributed by atoms with Crippen LogP contribution < -0.4 is 5.32 Å². The van der Waals surface area contributed by atoms with E-state index < -0.39 is 11.6 Å². The van der Waals surface area contributed by atoms with Crippen molar-refractivity contribution < 1.29 is 8.78 Å². The minimum absolute atomic E-state index is 0.132. The number of hydrogen-bond donors (Lipinski definition) is 1. The van der Waals surface area contributed by atoms with Gasteiger partial charge in [-0.2, -0.15) is 10.2 Å². The molecule has 0 aromatic heterocycles. The fourth-order valence-electron chi connectivity index (χ4n) is 1.47. The molecule has 0 radical (unpaired) electrons. The van der Waals surface area contributed by atoms with E-state index in [1.54, 1.807) is 24.3 Å². The maximum atomic E-state index is 13.4. The van der Waals surface area contributed by atoms with E-state index in [1.165, 1.54) is 7.05 Å². The zero-order valence-electron chi connectivity index (χ0n) is 9.69. The third-order valence-electron chi connectivity index (χ3n) is 2.31. The van der Waals surface area contributed by atoms with Gasteiger partial charge in [0.1, 0.15) is 5.69 Å². The van der Waals surface area contributed by atoms with Crippen LogP contribution in [0.1, 0.15) is 0 Å². The standard InChI is InChI=1S/C13H11F2N3/c1-16-13-11(14)7-10(8-12(13)15)18-17-9-5-3-2-4-6-9/h2-8,16H,1H3. The fraction of sp³-hybridized carbons (Fsp3) is 0.0769. The highest BCUT2D eigenvalue weighted by Crippen LogP contribution is 2.26. The van der Waals surface area contributed by atoms with Gasteiger partial charge in [-0.15, -0.1) is 0 Å². The van der Waals surface area contributed by atoms with E-state index in [-0.39, 0.29) is 11.4 Å². The minimum atomic E-state index is -0.695. The Kier molecular flexibility index (Phi) is 3.62. The summed E-state index contributed by atoms with van der Waals surface area (Å²) in [7, 11) is 1.45. The van der Waals surface area contributed by atoms with Crippen molar-refractivity contribution in [2.45, 2.75) is 0 Å². The van der Waals surface area contributed by atoms with E-state index >= 15 is 0 Å². The average molecular weight is 247 g/mol. The first kappa shape index (κ1) is 12.2. The smallest absolute Gasteiger partial charge is 0.151 e. The molecule has 2 aromatic rings. The van der Waals surface area contributed by atoms with Crippen molar-refractivity contribution in [3.05, 3.63) is 54.1 Å². The Hall–Kier alpha value is -2.30. The van der Waals surface area contributed by atoms with Crippen LogP contribution in [0.2, 0.25) is 0 Å². The van der Waals surface area contributed by atoms with E-state index in [0.717, 1.165) is 12.1 Å². The lowest BCUT2D eigenvalue weighted by Gasteiger charge is -2.04. The third kappa shape index (κ3) is 2.68. The SMILES string of the molecule is CNc1c(F)cc(N=Nc2ccccc2)cc1F. The second kappa shape index (κ2) is 5.35. The molecule has 3 nitrogen and oxygen atoms in total. The minimum Gasteiger partial charge on any atom is -0.383 e. The topological polar surface area (TPSA) is 36.8 Å². The highest BCUT2D eigenvalue weighted by atomic mass is 19.1. The van der Waals surface area contributed by atoms with Gasteiger partial charge in [-0.25, -0.2) is 8.78 Å². The summed E-state index contributed by atoms with van der Waals surface area (Å²) in [5, 5.41) is 10.1. The molecule has 0 atom stereocenters. The molecule has 92 valence electrons. The fourth-order valence-corrected chi connectivity index (χ4v) is 1.47. The number of anilines is 1. The number of azo groups is 1. The second-order valence-electron chi connectivity index (χ2n) is 3.57. The quantitative estimate of drug-likeness (QED) is 0.801. The van der Waals surface area contributed by atoms with Gasteiger partial charge in [0.2, 0.25) is 0 Å². The zero-order chi connectivity index (χ0) is 13.0. The maximum absolute atomic E-state index is 13.4. The van der Waals surface area contributed by atoms with Crippen molar-refractivity contribution >= 4 is 17.1 Å². The van der Waals surface area contributed by atoms with E-state index in [2.05, 4.69) is 15.5 Å². The van der Waals surface area contributed by atoms with E-state index in [1.807, 2.05) is 6.07 Å². The molecule has 2 aromatic carbocycles. The molecule has 0 unspecified atom stereocenters. The van der Waals surface area contributed by atoms with E-state index in [4.69, 9.17) is 0 Å². The van der Waals surface area contributed by atoms with Crippen molar-refractivity contribution in [3.8, 4) is 0 Å². The van der Waals surface area contributed by atoms with Gasteiger partial charge in [-0.05, 0) is 12.1 Å². The van der Waals surface area contributed by atoms with Gasteiger partial charge in [0.05, 0.1) is 11.4 Å². The summed E-state index contributed by atoms with van der Waals surface area (Å²) in [6, 6.07) is 11.2. The number of hydrogen-bond acceptors (Lipinski definition) is 3. The van der Waals surface area contributed by atoms with Crippen LogP contribution in [0, 0.1) is 11.6 Å². The molecular formula is C13H11F2N3. The van der Waals surface area contributed by atoms with Gasteiger partial charge < -0.3 is 5.32 Å². The monoisotopic (exact) mass is 247 g/mol. The Labute approximate surface area is 103 Å². The molecule has 0 spiro atoms. The largest absolute Gasteiger partial charge is 0.383 e. The molecule has 0 fully saturated rings. The van der Waals surface area contributed by atoms with Crippen LogP contribution in [0.3, 0.4) is 0 Å². The summed E-state index contributed by atoms with van der Waals surface area (Å²) in [6.45, 7) is 0. The lowest BCUT2D eigenvalue weighted by atomic mass is 10.2. The Morgan fingerprint density at radius 1 is 0.889 bits per heavy atom. The van der Waals surface area contributed by atoms with Gasteiger partial charge in [-0.1, -0.05) is 18.2 Å². The van der Waals surface area contributed by atoms with Crippen molar-refractivity contribution in [1.29, 1.82) is 0 Å². The molecule has 0 aliphatic carbocycles. The van der Waals surface area contributed by atoms with Gasteiger partial charge in [-0.3, -0.25) is 0 Å². The van der Waals surface area contributed by atoms with Crippen LogP contribution in [0.15, 0.2) is 52.7 Å². The van der Waals surface area contributed by atoms with E-state index in [0.29, 0.717) is 5.69 Å². The molecule has 5 heteroatoms. The molecule has 0 bridgehead atoms. The first-order valence-corrected chi connectivity index (χ1v) is 5.34. The first-order chi connectivity index (χ1) is 8.70. The molecule has 0 heterocycles. The van der Waals surface area contributed by atoms with Crippen molar-refractivity contribution in [2.24, 2.45) is 10.2 Å². The van der Waals surface area contributed by atoms with Crippen molar-refractivity contribution in [1.82, 2.24) is 0 Å². The van der Waals surface area contributed by atoms with Gasteiger partial charge >= 0.3 is 0 Å². The predicted octanol–water partition coefficient (Wildman–Crippen LogP) is 4.42. The Balaban J connectivity index is 2.28. The van der Waals surface area contributed by atoms with Gasteiger partial charge in [0.25, 0.3) is 0 Å². The zero-order valence-corrected chi connectivity index (χ0v) is 9.69. The number of benzene rings is 2. The Bertz CT molecular complexity index is 545. The first-order valence-electron chi connectivity index (χ1n) is 5.34. The van der Waals surface area contributed by atoms with Crippen LogP contribution >= 0.6 is 0 Å². The highest BCUT2D eigenvalue weighted by Gasteiger charge is 2.09. The second-order valence-corrected chi connectivity index (χ2v) is 3.57. The number of nitrogens with one attached hydrogen (secondary N) is 1. The van der Waals surface area contributed by atoms with Crippen LogP contribution in [-0.2, 0) is 0 Å². The molecule has 0 aliphatic heterocycles. The summed E-state index contributed by atoms with van der Waals surface area (Å²) in [5.41, 5.74) is 0.581. The lowest BCUT2D eigenvalue weighted by Crippen LogP contribution is -1.95. The average Bonchev–Trinajstić information content (AvgIpc) is 2.37. The molecule has 0 saturated heterocycles.